The van der Waals surface area contributed by atoms with E-state index in [0.29, 0.717) is 23.7 Å². The molecular formula is C16H18N4O5S2. The summed E-state index contributed by atoms with van der Waals surface area (Å²) >= 11 is 1.07. The third-order valence-corrected chi connectivity index (χ3v) is 6.38. The number of carbonyl (C=O) groups is 2. The summed E-state index contributed by atoms with van der Waals surface area (Å²) in [7, 11) is -3.03. The molecule has 0 bridgehead atoms. The summed E-state index contributed by atoms with van der Waals surface area (Å²) in [6.45, 7) is 1.40. The highest BCUT2D eigenvalue weighted by Gasteiger charge is 2.32. The molecule has 144 valence electrons. The van der Waals surface area contributed by atoms with Crippen LogP contribution in [0, 0.1) is 0 Å². The minimum absolute atomic E-state index is 0.0183. The van der Waals surface area contributed by atoms with Crippen LogP contribution < -0.4 is 10.6 Å². The van der Waals surface area contributed by atoms with Gasteiger partial charge in [0.25, 0.3) is 5.22 Å². The topological polar surface area (TPSA) is 131 Å². The Labute approximate surface area is 160 Å². The Kier molecular flexibility index (Phi) is 5.80. The molecule has 1 aliphatic heterocycles. The number of anilines is 2. The Balaban J connectivity index is 1.52. The maximum Gasteiger partial charge on any atom is 0.277 e. The molecular weight excluding hydrogens is 392 g/mol. The summed E-state index contributed by atoms with van der Waals surface area (Å²) in [5.41, 5.74) is 1.13. The van der Waals surface area contributed by atoms with Gasteiger partial charge in [0, 0.05) is 18.3 Å². The lowest BCUT2D eigenvalue weighted by atomic mass is 10.1. The number of thioether (sulfide) groups is 1. The molecule has 11 heteroatoms. The molecule has 0 unspecified atom stereocenters. The Morgan fingerprint density at radius 3 is 2.67 bits per heavy atom. The molecule has 1 aliphatic rings. The molecule has 1 fully saturated rings. The summed E-state index contributed by atoms with van der Waals surface area (Å²) in [6, 6.07) is 6.79. The lowest BCUT2D eigenvalue weighted by molar-refractivity contribution is -0.114. The first kappa shape index (κ1) is 19.4. The largest absolute Gasteiger partial charge is 0.416 e. The Bertz CT molecular complexity index is 957. The predicted octanol–water partition coefficient (Wildman–Crippen LogP) is 1.66. The number of nitrogens with one attached hydrogen (secondary N) is 2. The molecule has 2 amide bonds. The van der Waals surface area contributed by atoms with Crippen LogP contribution in [0.5, 0.6) is 0 Å². The van der Waals surface area contributed by atoms with E-state index in [1.54, 1.807) is 24.3 Å². The fraction of sp³-hybridized carbons (Fsp3) is 0.375. The van der Waals surface area contributed by atoms with Crippen molar-refractivity contribution >= 4 is 44.8 Å². The van der Waals surface area contributed by atoms with Crippen molar-refractivity contribution in [2.75, 3.05) is 27.9 Å². The van der Waals surface area contributed by atoms with Crippen molar-refractivity contribution < 1.29 is 22.4 Å². The number of hydrogen-bond donors (Lipinski definition) is 2. The molecule has 1 aromatic heterocycles. The predicted molar refractivity (Wildman–Crippen MR) is 100 cm³/mol. The second kappa shape index (κ2) is 8.09. The zero-order valence-electron chi connectivity index (χ0n) is 14.5. The van der Waals surface area contributed by atoms with E-state index in [1.165, 1.54) is 6.92 Å². The van der Waals surface area contributed by atoms with Gasteiger partial charge in [-0.1, -0.05) is 17.8 Å². The Hall–Kier alpha value is -2.40. The summed E-state index contributed by atoms with van der Waals surface area (Å²) in [4.78, 5) is 23.2. The Morgan fingerprint density at radius 2 is 2.00 bits per heavy atom. The molecule has 1 saturated heterocycles. The van der Waals surface area contributed by atoms with Crippen molar-refractivity contribution in [1.82, 2.24) is 10.2 Å². The van der Waals surface area contributed by atoms with Gasteiger partial charge in [-0.05, 0) is 24.6 Å². The second-order valence-electron chi connectivity index (χ2n) is 6.11. The molecule has 1 aromatic carbocycles. The molecule has 2 N–H and O–H groups in total. The summed E-state index contributed by atoms with van der Waals surface area (Å²) in [5.74, 6) is -0.259. The van der Waals surface area contributed by atoms with Gasteiger partial charge in [-0.15, -0.1) is 10.2 Å². The number of rotatable bonds is 6. The van der Waals surface area contributed by atoms with Crippen LogP contribution in [0.3, 0.4) is 0 Å². The standard InChI is InChI=1S/C16H18N4O5S2/c1-10(21)17-12-3-2-4-13(7-12)18-14(22)8-26-16-20-19-15(25-16)11-5-6-27(23,24)9-11/h2-4,7,11H,5-6,8-9H2,1H3,(H,17,21)(H,18,22)/t11-/m0/s1. The lowest BCUT2D eigenvalue weighted by Gasteiger charge is -2.07. The highest BCUT2D eigenvalue weighted by molar-refractivity contribution is 7.99. The molecule has 1 atom stereocenters. The summed E-state index contributed by atoms with van der Waals surface area (Å²) in [6.07, 6.45) is 0.472. The van der Waals surface area contributed by atoms with E-state index in [2.05, 4.69) is 20.8 Å². The van der Waals surface area contributed by atoms with Crippen LogP contribution in [0.4, 0.5) is 11.4 Å². The Morgan fingerprint density at radius 1 is 1.26 bits per heavy atom. The van der Waals surface area contributed by atoms with Crippen molar-refractivity contribution in [3.05, 3.63) is 30.2 Å². The third kappa shape index (κ3) is 5.54. The minimum atomic E-state index is -3.03. The first-order chi connectivity index (χ1) is 12.8. The number of amides is 2. The maximum atomic E-state index is 12.1. The van der Waals surface area contributed by atoms with E-state index >= 15 is 0 Å². The van der Waals surface area contributed by atoms with Crippen LogP contribution >= 0.6 is 11.8 Å². The fourth-order valence-electron chi connectivity index (χ4n) is 2.64. The van der Waals surface area contributed by atoms with Gasteiger partial charge in [0.05, 0.1) is 23.2 Å². The van der Waals surface area contributed by atoms with E-state index in [9.17, 15) is 18.0 Å². The molecule has 9 nitrogen and oxygen atoms in total. The van der Waals surface area contributed by atoms with Gasteiger partial charge in [-0.25, -0.2) is 8.42 Å². The molecule has 0 radical (unpaired) electrons. The number of benzene rings is 1. The highest BCUT2D eigenvalue weighted by Crippen LogP contribution is 2.29. The normalized spacial score (nSPS) is 18.2. The van der Waals surface area contributed by atoms with Gasteiger partial charge in [0.15, 0.2) is 9.84 Å². The number of carbonyl (C=O) groups excluding carboxylic acids is 2. The van der Waals surface area contributed by atoms with Gasteiger partial charge < -0.3 is 15.1 Å². The van der Waals surface area contributed by atoms with Crippen molar-refractivity contribution in [2.45, 2.75) is 24.5 Å². The van der Waals surface area contributed by atoms with E-state index in [4.69, 9.17) is 4.42 Å². The monoisotopic (exact) mass is 410 g/mol. The number of sulfone groups is 1. The van der Waals surface area contributed by atoms with Crippen molar-refractivity contribution in [3.63, 3.8) is 0 Å². The third-order valence-electron chi connectivity index (χ3n) is 3.80. The van der Waals surface area contributed by atoms with Crippen molar-refractivity contribution in [2.24, 2.45) is 0 Å². The average Bonchev–Trinajstić information content (AvgIpc) is 3.19. The van der Waals surface area contributed by atoms with Crippen LogP contribution in [0.15, 0.2) is 33.9 Å². The van der Waals surface area contributed by atoms with Crippen LogP contribution in [-0.4, -0.2) is 47.7 Å². The van der Waals surface area contributed by atoms with Gasteiger partial charge in [0.1, 0.15) is 0 Å². The maximum absolute atomic E-state index is 12.1. The van der Waals surface area contributed by atoms with Gasteiger partial charge in [0.2, 0.25) is 17.7 Å². The van der Waals surface area contributed by atoms with E-state index in [0.717, 1.165) is 11.8 Å². The van der Waals surface area contributed by atoms with Crippen LogP contribution in [0.25, 0.3) is 0 Å². The second-order valence-corrected chi connectivity index (χ2v) is 9.26. The molecule has 0 saturated carbocycles. The van der Waals surface area contributed by atoms with Gasteiger partial charge in [-0.3, -0.25) is 9.59 Å². The SMILES string of the molecule is CC(=O)Nc1cccc(NC(=O)CSc2nnc([C@H]3CCS(=O)(=O)C3)o2)c1. The fourth-order valence-corrected chi connectivity index (χ4v) is 4.94. The average molecular weight is 410 g/mol. The summed E-state index contributed by atoms with van der Waals surface area (Å²) < 4.78 is 28.5. The van der Waals surface area contributed by atoms with Gasteiger partial charge >= 0.3 is 0 Å². The first-order valence-electron chi connectivity index (χ1n) is 8.15. The molecule has 3 rings (SSSR count). The molecule has 0 aliphatic carbocycles. The van der Waals surface area contributed by atoms with E-state index in [-0.39, 0.29) is 40.2 Å². The quantitative estimate of drug-likeness (QED) is 0.688. The molecule has 27 heavy (non-hydrogen) atoms. The smallest absolute Gasteiger partial charge is 0.277 e. The number of hydrogen-bond acceptors (Lipinski definition) is 8. The zero-order valence-corrected chi connectivity index (χ0v) is 16.1. The molecule has 2 aromatic rings. The van der Waals surface area contributed by atoms with Gasteiger partial charge in [-0.2, -0.15) is 0 Å². The van der Waals surface area contributed by atoms with E-state index < -0.39 is 9.84 Å². The number of aromatic nitrogens is 2. The highest BCUT2D eigenvalue weighted by atomic mass is 32.2. The summed E-state index contributed by atoms with van der Waals surface area (Å²) in [5, 5.41) is 13.3. The lowest BCUT2D eigenvalue weighted by Crippen LogP contribution is -2.14. The van der Waals surface area contributed by atoms with Crippen molar-refractivity contribution in [1.29, 1.82) is 0 Å². The molecule has 0 spiro atoms. The number of nitrogens with zero attached hydrogens (tertiary/aromatic N) is 2. The van der Waals surface area contributed by atoms with Crippen LogP contribution in [-0.2, 0) is 19.4 Å². The van der Waals surface area contributed by atoms with Crippen molar-refractivity contribution in [3.8, 4) is 0 Å². The zero-order chi connectivity index (χ0) is 19.4. The van der Waals surface area contributed by atoms with Crippen LogP contribution in [0.2, 0.25) is 0 Å². The molecule has 2 heterocycles. The van der Waals surface area contributed by atoms with E-state index in [1.807, 2.05) is 0 Å². The first-order valence-corrected chi connectivity index (χ1v) is 11.0. The van der Waals surface area contributed by atoms with Crippen LogP contribution in [0.1, 0.15) is 25.2 Å². The minimum Gasteiger partial charge on any atom is -0.416 e.